The van der Waals surface area contributed by atoms with Crippen molar-refractivity contribution in [2.75, 3.05) is 0 Å². The Hall–Kier alpha value is 7.83. The quantitative estimate of drug-likeness (QED) is 0.307. The molecule has 0 aliphatic rings. The van der Waals surface area contributed by atoms with Gasteiger partial charge in [0, 0.05) is 0 Å². The zero-order chi connectivity index (χ0) is 0. The Bertz CT molecular complexity index is 10.0. The van der Waals surface area contributed by atoms with Crippen molar-refractivity contribution < 1.29 is 280 Å². The molecule has 10 heavy (non-hydrogen) atoms. The number of hydrogen-bond acceptors (Lipinski definition) is 0. The van der Waals surface area contributed by atoms with Crippen LogP contribution in [0.2, 0.25) is 0 Å². The van der Waals surface area contributed by atoms with Gasteiger partial charge in [-0.2, -0.15) is 0 Å². The molecule has 0 aromatic rings. The molecule has 0 saturated heterocycles. The minimum atomic E-state index is 0. The van der Waals surface area contributed by atoms with Gasteiger partial charge in [0.05, 0.1) is 0 Å². The second-order valence-electron chi connectivity index (χ2n) is 0. The first kappa shape index (κ1) is 82.4. The monoisotopic (exact) mass is 290 g/mol. The molecule has 0 nitrogen and oxygen atoms in total. The Balaban J connectivity index is 0. The fourth-order valence-corrected chi connectivity index (χ4v) is 0. The molecule has 0 atom stereocenters. The fourth-order valence-electron chi connectivity index (χ4n) is 0. The third-order valence-corrected chi connectivity index (χ3v) is 0. The molecule has 0 radical (unpaired) electrons. The average molecular weight is 290 g/mol. The predicted molar refractivity (Wildman–Crippen MR) is 0 cm³/mol. The minimum absolute atomic E-state index is 0. The van der Waals surface area contributed by atoms with Crippen LogP contribution in [0.1, 0.15) is 0 Å². The molecule has 0 heterocycles. The maximum absolute atomic E-state index is 0. The third kappa shape index (κ3) is 56.8. The van der Waals surface area contributed by atoms with Crippen LogP contribution in [0.3, 0.4) is 0 Å². The Kier molecular flexibility index (Phi) is 567. The topological polar surface area (TPSA) is 0 Å². The van der Waals surface area contributed by atoms with Gasteiger partial charge < -0.3 is 23.5 Å². The molecule has 0 bridgehead atoms. The van der Waals surface area contributed by atoms with E-state index in [-0.39, 0.29) is 280 Å². The largest absolute Gasteiger partial charge is 1.00 e. The van der Waals surface area contributed by atoms with Crippen molar-refractivity contribution in [1.82, 2.24) is 0 Å². The Labute approximate surface area is 270 Å². The predicted octanol–water partition coefficient (Wildman–Crippen LogP) is -30.0. The SMILES string of the molecule is [F-].[F-].[F-].[F-].[F-].[K+].[K+].[K+].[K+].[K+]. The molecule has 0 N–H and O–H groups in total. The minimum Gasteiger partial charge on any atom is -1.00 e. The summed E-state index contributed by atoms with van der Waals surface area (Å²) in [7, 11) is 0. The number of halogens is 5. The average Bonchev–Trinajstić information content (AvgIpc) is 0. The van der Waals surface area contributed by atoms with Crippen molar-refractivity contribution in [3.05, 3.63) is 0 Å². The van der Waals surface area contributed by atoms with Crippen molar-refractivity contribution in [2.45, 2.75) is 0 Å². The summed E-state index contributed by atoms with van der Waals surface area (Å²) in [5.41, 5.74) is 0. The first-order valence-corrected chi connectivity index (χ1v) is 0. The maximum Gasteiger partial charge on any atom is 1.00 e. The van der Waals surface area contributed by atoms with Crippen LogP contribution in [-0.2, 0) is 0 Å². The molecule has 0 fully saturated rings. The van der Waals surface area contributed by atoms with Gasteiger partial charge in [-0.1, -0.05) is 0 Å². The standard InChI is InChI=1S/5FH.5K/h5*1H;;;;;/q;;;;;5*+1/p-5. The maximum atomic E-state index is 0. The van der Waals surface area contributed by atoms with Crippen LogP contribution in [0.5, 0.6) is 0 Å². The molecule has 0 saturated carbocycles. The second-order valence-corrected chi connectivity index (χ2v) is 0. The molecule has 0 aliphatic carbocycles. The molecule has 0 amide bonds. The van der Waals surface area contributed by atoms with Crippen molar-refractivity contribution in [3.63, 3.8) is 0 Å². The van der Waals surface area contributed by atoms with Crippen LogP contribution in [0.25, 0.3) is 0 Å². The normalized spacial score (nSPS) is 0. The van der Waals surface area contributed by atoms with E-state index < -0.39 is 0 Å². The van der Waals surface area contributed by atoms with Gasteiger partial charge in [0.2, 0.25) is 0 Å². The van der Waals surface area contributed by atoms with Gasteiger partial charge in [0.25, 0.3) is 0 Å². The molecule has 0 aliphatic heterocycles. The molecule has 40 valence electrons. The molecule has 10 heteroatoms. The van der Waals surface area contributed by atoms with Gasteiger partial charge in [-0.25, -0.2) is 0 Å². The molecule has 0 aromatic heterocycles. The fraction of sp³-hybridized carbons (Fsp3) is 0. The van der Waals surface area contributed by atoms with E-state index in [0.29, 0.717) is 0 Å². The molecular weight excluding hydrogens is 290 g/mol. The van der Waals surface area contributed by atoms with Crippen LogP contribution in [-0.4, -0.2) is 0 Å². The van der Waals surface area contributed by atoms with E-state index in [2.05, 4.69) is 0 Å². The van der Waals surface area contributed by atoms with Crippen LogP contribution in [0, 0.1) is 0 Å². The number of hydrogen-bond donors (Lipinski definition) is 0. The van der Waals surface area contributed by atoms with E-state index in [4.69, 9.17) is 0 Å². The van der Waals surface area contributed by atoms with Crippen LogP contribution in [0.15, 0.2) is 0 Å². The first-order valence-electron chi connectivity index (χ1n) is 0. The van der Waals surface area contributed by atoms with E-state index in [1.807, 2.05) is 0 Å². The Morgan fingerprint density at radius 1 is 0.200 bits per heavy atom. The van der Waals surface area contributed by atoms with Gasteiger partial charge in [0.1, 0.15) is 0 Å². The Morgan fingerprint density at radius 3 is 0.200 bits per heavy atom. The van der Waals surface area contributed by atoms with E-state index in [0.717, 1.165) is 0 Å². The van der Waals surface area contributed by atoms with Crippen LogP contribution in [0.4, 0.5) is 0 Å². The number of rotatable bonds is 0. The summed E-state index contributed by atoms with van der Waals surface area (Å²) >= 11 is 0. The zero-order valence-electron chi connectivity index (χ0n) is 6.89. The van der Waals surface area contributed by atoms with Crippen molar-refractivity contribution in [3.8, 4) is 0 Å². The van der Waals surface area contributed by atoms with E-state index in [9.17, 15) is 0 Å². The molecule has 0 spiro atoms. The van der Waals surface area contributed by atoms with Crippen molar-refractivity contribution in [1.29, 1.82) is 0 Å². The van der Waals surface area contributed by atoms with E-state index >= 15 is 0 Å². The summed E-state index contributed by atoms with van der Waals surface area (Å²) < 4.78 is 0. The van der Waals surface area contributed by atoms with Gasteiger partial charge in [-0.05, 0) is 0 Å². The molecule has 0 unspecified atom stereocenters. The summed E-state index contributed by atoms with van der Waals surface area (Å²) in [6.07, 6.45) is 0. The summed E-state index contributed by atoms with van der Waals surface area (Å²) in [6, 6.07) is 0. The van der Waals surface area contributed by atoms with Crippen molar-refractivity contribution in [2.24, 2.45) is 0 Å². The smallest absolute Gasteiger partial charge is 1.00 e. The summed E-state index contributed by atoms with van der Waals surface area (Å²) in [5.74, 6) is 0. The van der Waals surface area contributed by atoms with E-state index in [1.54, 1.807) is 0 Å². The van der Waals surface area contributed by atoms with Crippen molar-refractivity contribution >= 4 is 0 Å². The van der Waals surface area contributed by atoms with Crippen LogP contribution < -0.4 is 280 Å². The zero-order valence-corrected chi connectivity index (χ0v) is 22.5. The molecular formula is F5K5. The van der Waals surface area contributed by atoms with Gasteiger partial charge in [0.15, 0.2) is 0 Å². The Morgan fingerprint density at radius 2 is 0.200 bits per heavy atom. The van der Waals surface area contributed by atoms with E-state index in [1.165, 1.54) is 0 Å². The molecule has 0 rings (SSSR count). The summed E-state index contributed by atoms with van der Waals surface area (Å²) in [5, 5.41) is 0. The van der Waals surface area contributed by atoms with Crippen LogP contribution >= 0.6 is 0 Å². The molecule has 0 aromatic carbocycles. The van der Waals surface area contributed by atoms with Gasteiger partial charge in [-0.3, -0.25) is 0 Å². The van der Waals surface area contributed by atoms with Gasteiger partial charge >= 0.3 is 257 Å². The van der Waals surface area contributed by atoms with Gasteiger partial charge in [-0.15, -0.1) is 0 Å². The summed E-state index contributed by atoms with van der Waals surface area (Å²) in [4.78, 5) is 0. The first-order chi connectivity index (χ1) is 0. The second kappa shape index (κ2) is 68.8. The third-order valence-electron chi connectivity index (χ3n) is 0. The summed E-state index contributed by atoms with van der Waals surface area (Å²) in [6.45, 7) is 0.